The van der Waals surface area contributed by atoms with Crippen LogP contribution < -0.4 is 21.3 Å². The number of nitrogens with zero attached hydrogens (tertiary/aromatic N) is 2. The molecule has 420 valence electrons. The number of amides is 1. The molecule has 3 aliphatic carbocycles. The van der Waals surface area contributed by atoms with Crippen molar-refractivity contribution in [2.45, 2.75) is 151 Å². The van der Waals surface area contributed by atoms with Gasteiger partial charge in [-0.25, -0.2) is 4.79 Å². The number of methoxy groups -OCH3 is 2. The van der Waals surface area contributed by atoms with Crippen molar-refractivity contribution in [1.82, 2.24) is 19.8 Å². The summed E-state index contributed by atoms with van der Waals surface area (Å²) in [6, 6.07) is 6.46. The third-order valence-electron chi connectivity index (χ3n) is 15.4. The number of halogens is 9. The van der Waals surface area contributed by atoms with Crippen molar-refractivity contribution >= 4 is 27.5 Å². The number of aryl methyl sites for hydroxylation is 2. The number of fused-ring (bicyclic) bond motifs is 5. The van der Waals surface area contributed by atoms with Crippen LogP contribution in [0.1, 0.15) is 113 Å². The summed E-state index contributed by atoms with van der Waals surface area (Å²) in [5, 5.41) is 2.93. The molecule has 1 aromatic carbocycles. The minimum Gasteiger partial charge on any atom is -0.494 e. The Morgan fingerprint density at radius 1 is 0.905 bits per heavy atom. The third kappa shape index (κ3) is 14.6. The van der Waals surface area contributed by atoms with E-state index >= 15 is 0 Å². The molecule has 0 bridgehead atoms. The molecule has 2 heterocycles. The zero-order valence-corrected chi connectivity index (χ0v) is 44.0. The normalized spacial score (nSPS) is 25.2. The van der Waals surface area contributed by atoms with Crippen LogP contribution in [0.3, 0.4) is 0 Å². The molecule has 4 aliphatic rings. The lowest BCUT2D eigenvalue weighted by Gasteiger charge is -2.50. The molecule has 13 nitrogen and oxygen atoms in total. The van der Waals surface area contributed by atoms with Crippen molar-refractivity contribution < 1.29 is 72.7 Å². The number of rotatable bonds is 28. The number of likely N-dealkylation sites (N-methyl/N-ethyl adjacent to an activating group) is 1. The average molecular weight is 1110 g/mol. The number of nitrogens with one attached hydrogen (secondary N) is 2. The molecule has 1 saturated heterocycles. The van der Waals surface area contributed by atoms with Crippen molar-refractivity contribution in [3.05, 3.63) is 61.9 Å². The Morgan fingerprint density at radius 3 is 2.31 bits per heavy atom. The molecule has 8 atom stereocenters. The summed E-state index contributed by atoms with van der Waals surface area (Å²) in [6.45, 7) is 1.86. The highest BCUT2D eigenvalue weighted by Crippen LogP contribution is 2.62. The number of benzene rings is 1. The maximum Gasteiger partial charge on any atom is 0.435 e. The molecule has 1 amide bonds. The number of alkyl halides is 9. The van der Waals surface area contributed by atoms with Crippen LogP contribution in [0.15, 0.2) is 34.0 Å². The van der Waals surface area contributed by atoms with Crippen LogP contribution >= 0.6 is 21.6 Å². The fourth-order valence-electron chi connectivity index (χ4n) is 11.4. The van der Waals surface area contributed by atoms with Gasteiger partial charge in [0.2, 0.25) is 5.91 Å². The third-order valence-corrected chi connectivity index (χ3v) is 18.0. The number of ether oxygens (including phenoxy) is 6. The lowest BCUT2D eigenvalue weighted by molar-refractivity contribution is -0.457. The molecule has 2 saturated carbocycles. The van der Waals surface area contributed by atoms with Gasteiger partial charge in [0.1, 0.15) is 18.1 Å². The van der Waals surface area contributed by atoms with E-state index < -0.39 is 54.8 Å². The van der Waals surface area contributed by atoms with Crippen LogP contribution in [0.4, 0.5) is 39.5 Å². The van der Waals surface area contributed by atoms with Gasteiger partial charge in [-0.05, 0) is 118 Å². The second-order valence-corrected chi connectivity index (χ2v) is 22.8. The highest BCUT2D eigenvalue weighted by atomic mass is 33.1. The predicted octanol–water partition coefficient (Wildman–Crippen LogP) is 9.56. The van der Waals surface area contributed by atoms with E-state index in [0.29, 0.717) is 49.5 Å². The lowest BCUT2D eigenvalue weighted by Crippen LogP contribution is -2.68. The largest absolute Gasteiger partial charge is 0.494 e. The highest BCUT2D eigenvalue weighted by Gasteiger charge is 2.85. The summed E-state index contributed by atoms with van der Waals surface area (Å²) in [5.41, 5.74) is -4.48. The summed E-state index contributed by atoms with van der Waals surface area (Å²) in [5.74, 6) is 4.01. The first-order valence-electron chi connectivity index (χ1n) is 25.5. The van der Waals surface area contributed by atoms with Crippen LogP contribution in [0.2, 0.25) is 0 Å². The smallest absolute Gasteiger partial charge is 0.435 e. The molecule has 6 rings (SSSR count). The molecular formula is C50H71F9N4O9S2. The fraction of sp³-hybridized carbons (Fsp3) is 0.780. The lowest BCUT2D eigenvalue weighted by atomic mass is 9.55. The molecule has 74 heavy (non-hydrogen) atoms. The number of aromatic nitrogens is 2. The first kappa shape index (κ1) is 60.2. The number of aromatic amines is 1. The minimum absolute atomic E-state index is 0.0823. The Kier molecular flexibility index (Phi) is 21.6. The predicted molar refractivity (Wildman–Crippen MR) is 262 cm³/mol. The molecule has 8 unspecified atom stereocenters. The number of H-pyrrole nitrogens is 1. The molecular weight excluding hydrogens is 1040 g/mol. The van der Waals surface area contributed by atoms with E-state index in [2.05, 4.69) is 40.2 Å². The van der Waals surface area contributed by atoms with Crippen LogP contribution in [-0.4, -0.2) is 142 Å². The topological polar surface area (TPSA) is 143 Å². The van der Waals surface area contributed by atoms with E-state index in [1.807, 2.05) is 21.6 Å². The summed E-state index contributed by atoms with van der Waals surface area (Å²) < 4.78 is 153. The van der Waals surface area contributed by atoms with Gasteiger partial charge in [-0.2, -0.15) is 39.5 Å². The Hall–Kier alpha value is -3.00. The van der Waals surface area contributed by atoms with Crippen LogP contribution in [0.25, 0.3) is 0 Å². The Balaban J connectivity index is 0.801. The second-order valence-electron chi connectivity index (χ2n) is 20.1. The quantitative estimate of drug-likeness (QED) is 0.0476. The zero-order valence-electron chi connectivity index (χ0n) is 42.4. The van der Waals surface area contributed by atoms with Crippen LogP contribution in [-0.2, 0) is 41.3 Å². The number of hydrogen-bond acceptors (Lipinski definition) is 12. The summed E-state index contributed by atoms with van der Waals surface area (Å²) in [7, 11) is 8.19. The number of carbonyl (C=O) groups excluding carboxylic acids is 1. The Bertz CT molecular complexity index is 2200. The molecule has 2 aromatic rings. The van der Waals surface area contributed by atoms with Crippen LogP contribution in [0.5, 0.6) is 5.75 Å². The van der Waals surface area contributed by atoms with Gasteiger partial charge in [-0.15, -0.1) is 0 Å². The minimum atomic E-state index is -6.76. The highest BCUT2D eigenvalue weighted by molar-refractivity contribution is 8.76. The van der Waals surface area contributed by atoms with Gasteiger partial charge in [0.25, 0.3) is 5.56 Å². The van der Waals surface area contributed by atoms with E-state index in [0.717, 1.165) is 87.9 Å². The van der Waals surface area contributed by atoms with Gasteiger partial charge >= 0.3 is 29.8 Å². The standard InChI is InChI=1S/C50H71F9N4O9S2/c1-46-19-18-36-35-14-12-34(28-32(35)10-13-37(36)38(46)15-16-41(46)70-24-21-62(2)22-25-71-47(48(51,52)53,49(54,55)56)50(57,58)59)69-23-9-27-74-73-26-8-6-5-7-20-60-42(64)17-11-33-30-63(45(66)61-44(33)65)43-29-39(68-4)40(72-43)31-67-3/h12,14,28,30,36-41,43H,5-11,13,15-27,29,31H2,1-4H3,(H,60,64)(H,61,65,66). The van der Waals surface area contributed by atoms with Crippen LogP contribution in [0, 0.1) is 17.3 Å². The molecule has 2 N–H and O–H groups in total. The number of carbonyl (C=O) groups is 1. The molecule has 3 fully saturated rings. The molecule has 0 radical (unpaired) electrons. The van der Waals surface area contributed by atoms with Gasteiger partial charge in [0, 0.05) is 70.0 Å². The van der Waals surface area contributed by atoms with E-state index in [-0.39, 0.29) is 55.6 Å². The number of unbranched alkanes of at least 4 members (excludes halogenated alkanes) is 3. The van der Waals surface area contributed by atoms with Crippen molar-refractivity contribution in [3.63, 3.8) is 0 Å². The Morgan fingerprint density at radius 2 is 1.61 bits per heavy atom. The molecule has 0 spiro atoms. The Labute approximate surface area is 433 Å². The zero-order chi connectivity index (χ0) is 53.9. The SMILES string of the molecule is COCC1OC(n2cc(CCC(=O)NCCCCCCSSCCCOc3ccc4c(c3)CCC3C4CCC4(C)C(OCCN(C)CCOC(C(F)(F)F)(C(F)(F)F)C(F)(F)F)CCC34)c(=O)[nH]c2=O)CC1OC. The maximum atomic E-state index is 13.2. The van der Waals surface area contributed by atoms with E-state index in [4.69, 9.17) is 23.7 Å². The van der Waals surface area contributed by atoms with E-state index in [1.165, 1.54) is 33.8 Å². The van der Waals surface area contributed by atoms with Crippen molar-refractivity contribution in [2.24, 2.45) is 17.3 Å². The first-order chi connectivity index (χ1) is 35.0. The molecule has 24 heteroatoms. The first-order valence-corrected chi connectivity index (χ1v) is 28.0. The monoisotopic (exact) mass is 1110 g/mol. The summed E-state index contributed by atoms with van der Waals surface area (Å²) in [4.78, 5) is 41.2. The molecule has 1 aliphatic heterocycles. The van der Waals surface area contributed by atoms with Crippen molar-refractivity contribution in [3.8, 4) is 5.75 Å². The van der Waals surface area contributed by atoms with Crippen molar-refractivity contribution in [2.75, 3.05) is 78.8 Å². The van der Waals surface area contributed by atoms with E-state index in [9.17, 15) is 53.9 Å². The van der Waals surface area contributed by atoms with Gasteiger partial charge in [0.15, 0.2) is 0 Å². The fourth-order valence-corrected chi connectivity index (χ4v) is 13.6. The summed E-state index contributed by atoms with van der Waals surface area (Å²) >= 11 is 0. The van der Waals surface area contributed by atoms with Gasteiger partial charge in [0.05, 0.1) is 38.6 Å². The number of hydrogen-bond donors (Lipinski definition) is 2. The van der Waals surface area contributed by atoms with Gasteiger partial charge < -0.3 is 38.6 Å². The van der Waals surface area contributed by atoms with E-state index in [1.54, 1.807) is 14.2 Å². The average Bonchev–Trinajstić information content (AvgIpc) is 3.89. The van der Waals surface area contributed by atoms with Gasteiger partial charge in [-0.3, -0.25) is 19.1 Å². The molecule has 1 aromatic heterocycles. The van der Waals surface area contributed by atoms with Gasteiger partial charge in [-0.1, -0.05) is 47.4 Å². The summed E-state index contributed by atoms with van der Waals surface area (Å²) in [6.07, 6.45) is -8.86. The maximum absolute atomic E-state index is 13.2. The van der Waals surface area contributed by atoms with Crippen molar-refractivity contribution in [1.29, 1.82) is 0 Å². The second kappa shape index (κ2) is 26.6.